The van der Waals surface area contributed by atoms with Gasteiger partial charge in [0.15, 0.2) is 11.5 Å². The molecule has 0 spiro atoms. The Bertz CT molecular complexity index is 1220. The standard InChI is InChI=1S/C25H25NO4S/c1-5-20-21-8-6-7-9-22(21)26(31(27,28)19-13-10-17(2)11-14-19)25(20)18-12-15-23(29-3)24(16-18)30-4/h5-16,20,25H,1H2,2-4H3/t20-,25+/m0/s1. The summed E-state index contributed by atoms with van der Waals surface area (Å²) in [6.45, 7) is 5.95. The van der Waals surface area contributed by atoms with E-state index in [4.69, 9.17) is 9.47 Å². The average Bonchev–Trinajstić information content (AvgIpc) is 3.14. The number of anilines is 1. The van der Waals surface area contributed by atoms with Crippen LogP contribution in [0.1, 0.15) is 28.7 Å². The van der Waals surface area contributed by atoms with Crippen LogP contribution in [0, 0.1) is 6.92 Å². The number of aryl methyl sites for hydroxylation is 1. The molecule has 0 radical (unpaired) electrons. The van der Waals surface area contributed by atoms with Crippen LogP contribution in [-0.4, -0.2) is 22.6 Å². The molecular formula is C25H25NO4S. The molecule has 6 heteroatoms. The molecule has 0 unspecified atom stereocenters. The Labute approximate surface area is 183 Å². The first-order chi connectivity index (χ1) is 14.9. The first kappa shape index (κ1) is 21.0. The zero-order valence-corrected chi connectivity index (χ0v) is 18.6. The highest BCUT2D eigenvalue weighted by Crippen LogP contribution is 2.52. The van der Waals surface area contributed by atoms with E-state index in [9.17, 15) is 8.42 Å². The molecule has 0 saturated heterocycles. The number of benzene rings is 3. The Kier molecular flexibility index (Phi) is 5.50. The molecule has 1 aliphatic rings. The normalized spacial score (nSPS) is 17.8. The van der Waals surface area contributed by atoms with Crippen LogP contribution in [0.5, 0.6) is 11.5 Å². The minimum absolute atomic E-state index is 0.213. The SMILES string of the molecule is C=C[C@H]1c2ccccc2N(S(=O)(=O)c2ccc(C)cc2)[C@@H]1c1ccc(OC)c(OC)c1. The van der Waals surface area contributed by atoms with Crippen molar-refractivity contribution in [3.8, 4) is 11.5 Å². The molecule has 5 nitrogen and oxygen atoms in total. The summed E-state index contributed by atoms with van der Waals surface area (Å²) in [4.78, 5) is 0.253. The lowest BCUT2D eigenvalue weighted by Gasteiger charge is -2.30. The average molecular weight is 436 g/mol. The summed E-state index contributed by atoms with van der Waals surface area (Å²) in [6.07, 6.45) is 1.81. The Morgan fingerprint density at radius 2 is 1.61 bits per heavy atom. The lowest BCUT2D eigenvalue weighted by Crippen LogP contribution is -2.33. The topological polar surface area (TPSA) is 55.8 Å². The maximum Gasteiger partial charge on any atom is 0.264 e. The van der Waals surface area contributed by atoms with Gasteiger partial charge in [-0.3, -0.25) is 4.31 Å². The third kappa shape index (κ3) is 3.47. The first-order valence-corrected chi connectivity index (χ1v) is 11.4. The van der Waals surface area contributed by atoms with Crippen molar-refractivity contribution >= 4 is 15.7 Å². The van der Waals surface area contributed by atoms with E-state index in [1.807, 2.05) is 61.5 Å². The molecular weight excluding hydrogens is 410 g/mol. The monoisotopic (exact) mass is 435 g/mol. The van der Waals surface area contributed by atoms with Crippen LogP contribution >= 0.6 is 0 Å². The lowest BCUT2D eigenvalue weighted by atomic mass is 9.90. The van der Waals surface area contributed by atoms with Gasteiger partial charge < -0.3 is 9.47 Å². The van der Waals surface area contributed by atoms with Crippen molar-refractivity contribution in [3.63, 3.8) is 0 Å². The molecule has 0 aliphatic carbocycles. The van der Waals surface area contributed by atoms with Gasteiger partial charge in [0.05, 0.1) is 30.8 Å². The van der Waals surface area contributed by atoms with Gasteiger partial charge in [-0.05, 0) is 48.4 Å². The number of rotatable bonds is 6. The Morgan fingerprint density at radius 3 is 2.26 bits per heavy atom. The molecule has 1 aliphatic heterocycles. The van der Waals surface area contributed by atoms with Crippen molar-refractivity contribution in [3.05, 3.63) is 96.1 Å². The van der Waals surface area contributed by atoms with Crippen molar-refractivity contribution in [2.24, 2.45) is 0 Å². The minimum Gasteiger partial charge on any atom is -0.493 e. The molecule has 0 bridgehead atoms. The fourth-order valence-electron chi connectivity index (χ4n) is 4.17. The number of fused-ring (bicyclic) bond motifs is 1. The Hall–Kier alpha value is -3.25. The van der Waals surface area contributed by atoms with Gasteiger partial charge in [0.25, 0.3) is 10.0 Å². The summed E-state index contributed by atoms with van der Waals surface area (Å²) in [5.74, 6) is 0.922. The molecule has 0 fully saturated rings. The molecule has 160 valence electrons. The van der Waals surface area contributed by atoms with Gasteiger partial charge in [0, 0.05) is 5.92 Å². The van der Waals surface area contributed by atoms with Gasteiger partial charge in [-0.25, -0.2) is 8.42 Å². The third-order valence-corrected chi connectivity index (χ3v) is 7.52. The molecule has 1 heterocycles. The number of para-hydroxylation sites is 1. The van der Waals surface area contributed by atoms with Crippen molar-refractivity contribution in [1.29, 1.82) is 0 Å². The second kappa shape index (κ2) is 8.12. The van der Waals surface area contributed by atoms with Crippen LogP contribution in [0.4, 0.5) is 5.69 Å². The molecule has 3 aromatic rings. The van der Waals surface area contributed by atoms with Crippen LogP contribution in [0.15, 0.2) is 84.3 Å². The molecule has 3 aromatic carbocycles. The molecule has 0 saturated carbocycles. The van der Waals surface area contributed by atoms with Gasteiger partial charge in [0.1, 0.15) is 0 Å². The number of ether oxygens (including phenoxy) is 2. The van der Waals surface area contributed by atoms with E-state index in [-0.39, 0.29) is 10.8 Å². The van der Waals surface area contributed by atoms with E-state index >= 15 is 0 Å². The van der Waals surface area contributed by atoms with E-state index in [1.54, 1.807) is 32.4 Å². The summed E-state index contributed by atoms with van der Waals surface area (Å²) in [5, 5.41) is 0. The van der Waals surface area contributed by atoms with E-state index in [0.717, 1.165) is 16.7 Å². The van der Waals surface area contributed by atoms with Gasteiger partial charge in [-0.1, -0.05) is 48.0 Å². The summed E-state index contributed by atoms with van der Waals surface area (Å²) in [5.41, 5.74) is 3.39. The third-order valence-electron chi connectivity index (χ3n) is 5.71. The van der Waals surface area contributed by atoms with Crippen molar-refractivity contribution in [2.45, 2.75) is 23.8 Å². The molecule has 0 amide bonds. The molecule has 0 N–H and O–H groups in total. The van der Waals surface area contributed by atoms with Crippen molar-refractivity contribution in [1.82, 2.24) is 0 Å². The number of hydrogen-bond acceptors (Lipinski definition) is 4. The van der Waals surface area contributed by atoms with E-state index < -0.39 is 16.1 Å². The van der Waals surface area contributed by atoms with Gasteiger partial charge in [-0.2, -0.15) is 0 Å². The summed E-state index contributed by atoms with van der Waals surface area (Å²) >= 11 is 0. The van der Waals surface area contributed by atoms with Crippen LogP contribution in [0.25, 0.3) is 0 Å². The van der Waals surface area contributed by atoms with Crippen LogP contribution in [-0.2, 0) is 10.0 Å². The lowest BCUT2D eigenvalue weighted by molar-refractivity contribution is 0.354. The largest absolute Gasteiger partial charge is 0.493 e. The highest BCUT2D eigenvalue weighted by atomic mass is 32.2. The molecule has 2 atom stereocenters. The van der Waals surface area contributed by atoms with Gasteiger partial charge in [-0.15, -0.1) is 6.58 Å². The van der Waals surface area contributed by atoms with Crippen LogP contribution in [0.3, 0.4) is 0 Å². The number of sulfonamides is 1. The fraction of sp³-hybridized carbons (Fsp3) is 0.200. The highest BCUT2D eigenvalue weighted by molar-refractivity contribution is 7.92. The first-order valence-electron chi connectivity index (χ1n) is 9.97. The van der Waals surface area contributed by atoms with Crippen LogP contribution < -0.4 is 13.8 Å². The van der Waals surface area contributed by atoms with E-state index in [1.165, 1.54) is 4.31 Å². The van der Waals surface area contributed by atoms with E-state index in [2.05, 4.69) is 6.58 Å². The minimum atomic E-state index is -3.83. The van der Waals surface area contributed by atoms with Crippen molar-refractivity contribution in [2.75, 3.05) is 18.5 Å². The Morgan fingerprint density at radius 1 is 0.935 bits per heavy atom. The fourth-order valence-corrected chi connectivity index (χ4v) is 5.86. The predicted molar refractivity (Wildman–Crippen MR) is 123 cm³/mol. The maximum absolute atomic E-state index is 13.9. The summed E-state index contributed by atoms with van der Waals surface area (Å²) in [6, 6.07) is 19.5. The van der Waals surface area contributed by atoms with Crippen LogP contribution in [0.2, 0.25) is 0 Å². The zero-order chi connectivity index (χ0) is 22.2. The zero-order valence-electron chi connectivity index (χ0n) is 17.8. The van der Waals surface area contributed by atoms with Gasteiger partial charge in [0.2, 0.25) is 0 Å². The van der Waals surface area contributed by atoms with Crippen molar-refractivity contribution < 1.29 is 17.9 Å². The second-order valence-electron chi connectivity index (χ2n) is 7.49. The predicted octanol–water partition coefficient (Wildman–Crippen LogP) is 5.23. The van der Waals surface area contributed by atoms with E-state index in [0.29, 0.717) is 17.2 Å². The number of nitrogens with zero attached hydrogens (tertiary/aromatic N) is 1. The Balaban J connectivity index is 1.94. The summed E-state index contributed by atoms with van der Waals surface area (Å²) < 4.78 is 40.1. The smallest absolute Gasteiger partial charge is 0.264 e. The quantitative estimate of drug-likeness (QED) is 0.498. The molecule has 4 rings (SSSR count). The molecule has 31 heavy (non-hydrogen) atoms. The second-order valence-corrected chi connectivity index (χ2v) is 9.31. The molecule has 0 aromatic heterocycles. The maximum atomic E-state index is 13.9. The van der Waals surface area contributed by atoms with Gasteiger partial charge >= 0.3 is 0 Å². The number of hydrogen-bond donors (Lipinski definition) is 0. The number of methoxy groups -OCH3 is 2. The summed E-state index contributed by atoms with van der Waals surface area (Å²) in [7, 11) is -0.692. The highest BCUT2D eigenvalue weighted by Gasteiger charge is 2.44.